The van der Waals surface area contributed by atoms with E-state index in [2.05, 4.69) is 49.8 Å². The second-order valence-corrected chi connectivity index (χ2v) is 13.7. The molecule has 0 spiro atoms. The molecule has 51 heavy (non-hydrogen) atoms. The number of piperazine rings is 1. The van der Waals surface area contributed by atoms with Crippen molar-refractivity contribution in [2.75, 3.05) is 31.1 Å². The van der Waals surface area contributed by atoms with Crippen LogP contribution in [0.2, 0.25) is 0 Å². The summed E-state index contributed by atoms with van der Waals surface area (Å²) < 4.78 is 29.6. The molecule has 0 bridgehead atoms. The smallest absolute Gasteiger partial charge is 0.271 e. The number of Topliss-reactive ketones (excluding diaryl/α,β-unsaturated/α-hetero) is 1. The first kappa shape index (κ1) is 32.9. The molecule has 2 aromatic carbocycles. The highest BCUT2D eigenvalue weighted by Gasteiger charge is 2.46. The Morgan fingerprint density at radius 3 is 2.55 bits per heavy atom. The molecule has 11 nitrogen and oxygen atoms in total. The third-order valence-corrected chi connectivity index (χ3v) is 10.4. The molecule has 2 aromatic heterocycles. The van der Waals surface area contributed by atoms with Crippen molar-refractivity contribution >= 4 is 35.0 Å². The van der Waals surface area contributed by atoms with Crippen molar-refractivity contribution in [3.63, 3.8) is 0 Å². The van der Waals surface area contributed by atoms with E-state index in [1.165, 1.54) is 35.1 Å². The number of nitrogens with one attached hydrogen (secondary N) is 2. The van der Waals surface area contributed by atoms with Crippen LogP contribution < -0.4 is 15.5 Å². The molecule has 2 fully saturated rings. The summed E-state index contributed by atoms with van der Waals surface area (Å²) in [6, 6.07) is 17.0. The lowest BCUT2D eigenvalue weighted by molar-refractivity contribution is -0.122. The molecule has 2 amide bonds. The quantitative estimate of drug-likeness (QED) is 0.157. The van der Waals surface area contributed by atoms with E-state index in [0.717, 1.165) is 49.9 Å². The maximum atomic E-state index is 14.5. The molecule has 4 aliphatic rings. The summed E-state index contributed by atoms with van der Waals surface area (Å²) in [4.78, 5) is 53.4. The first-order valence-corrected chi connectivity index (χ1v) is 17.5. The number of halogens is 2. The SMILES string of the molecule is O=C(NC1CCC(C2C(=O)c3cc(F)ncc3N(c3cccc(-c4ccc(CN5CCNCC5)cc4)c3)C2=O)CC1)c1cn2c(n1)C=CN(F)C2. The van der Waals surface area contributed by atoms with Gasteiger partial charge < -0.3 is 15.2 Å². The monoisotopic (exact) mass is 692 g/mol. The van der Waals surface area contributed by atoms with Crippen molar-refractivity contribution in [2.24, 2.45) is 11.8 Å². The number of hydrogen-bond donors (Lipinski definition) is 2. The van der Waals surface area contributed by atoms with Gasteiger partial charge >= 0.3 is 0 Å². The average molecular weight is 693 g/mol. The molecule has 0 radical (unpaired) electrons. The lowest BCUT2D eigenvalue weighted by Gasteiger charge is -2.39. The zero-order chi connectivity index (χ0) is 35.1. The van der Waals surface area contributed by atoms with Crippen molar-refractivity contribution in [1.82, 2.24) is 35.2 Å². The number of rotatable bonds is 7. The van der Waals surface area contributed by atoms with Crippen LogP contribution in [0.1, 0.15) is 57.9 Å². The fraction of sp³-hybridized carbons (Fsp3) is 0.342. The number of imidazole rings is 1. The van der Waals surface area contributed by atoms with Gasteiger partial charge in [-0.25, -0.2) is 9.97 Å². The van der Waals surface area contributed by atoms with Gasteiger partial charge in [0.1, 0.15) is 24.1 Å². The van der Waals surface area contributed by atoms with Crippen LogP contribution in [0.5, 0.6) is 0 Å². The second-order valence-electron chi connectivity index (χ2n) is 13.7. The highest BCUT2D eigenvalue weighted by atomic mass is 19.2. The Hall–Kier alpha value is -5.27. The molecule has 13 heteroatoms. The normalized spacial score (nSPS) is 22.1. The van der Waals surface area contributed by atoms with Crippen LogP contribution in [-0.4, -0.2) is 74.4 Å². The van der Waals surface area contributed by atoms with Crippen molar-refractivity contribution in [1.29, 1.82) is 0 Å². The molecular formula is C38H38F2N8O3. The van der Waals surface area contributed by atoms with Crippen molar-refractivity contribution < 1.29 is 23.3 Å². The Kier molecular flexibility index (Phi) is 8.90. The number of fused-ring (bicyclic) bond motifs is 2. The summed E-state index contributed by atoms with van der Waals surface area (Å²) in [5.74, 6) is -2.72. The third kappa shape index (κ3) is 6.66. The van der Waals surface area contributed by atoms with E-state index in [4.69, 9.17) is 0 Å². The number of amides is 2. The van der Waals surface area contributed by atoms with Gasteiger partial charge in [-0.05, 0) is 66.5 Å². The summed E-state index contributed by atoms with van der Waals surface area (Å²) in [6.07, 6.45) is 7.67. The molecule has 8 rings (SSSR count). The van der Waals surface area contributed by atoms with Gasteiger partial charge in [-0.2, -0.15) is 9.51 Å². The zero-order valence-corrected chi connectivity index (χ0v) is 28.0. The molecule has 1 unspecified atom stereocenters. The Labute approximate surface area is 293 Å². The standard InChI is InChI=1S/C38H38F2N8O3/c39-33-19-30-32(20-42-33)48(29-3-1-2-27(18-29)25-6-4-24(5-7-25)21-45-16-13-41-14-17-45)38(51)35(36(30)49)26-8-10-28(11-9-26)43-37(50)31-22-46-23-47(40)15-12-34(46)44-31/h1-7,12,15,18-20,22,26,28,35,41H,8-11,13-14,16-17,21,23H2,(H,43,50). The molecule has 3 aliphatic heterocycles. The van der Waals surface area contributed by atoms with Gasteiger partial charge in [0.15, 0.2) is 5.78 Å². The van der Waals surface area contributed by atoms with E-state index in [1.54, 1.807) is 4.57 Å². The van der Waals surface area contributed by atoms with E-state index in [0.29, 0.717) is 42.3 Å². The van der Waals surface area contributed by atoms with Gasteiger partial charge in [0.25, 0.3) is 5.91 Å². The summed E-state index contributed by atoms with van der Waals surface area (Å²) in [5.41, 5.74) is 4.30. The van der Waals surface area contributed by atoms with Crippen LogP contribution in [-0.2, 0) is 18.0 Å². The fourth-order valence-corrected chi connectivity index (χ4v) is 7.75. The summed E-state index contributed by atoms with van der Waals surface area (Å²) >= 11 is 0. The Balaban J connectivity index is 0.989. The molecule has 1 atom stereocenters. The maximum Gasteiger partial charge on any atom is 0.271 e. The molecule has 1 saturated carbocycles. The topological polar surface area (TPSA) is 116 Å². The van der Waals surface area contributed by atoms with Crippen molar-refractivity contribution in [3.8, 4) is 11.1 Å². The molecular weight excluding hydrogens is 654 g/mol. The molecule has 262 valence electrons. The van der Waals surface area contributed by atoms with Gasteiger partial charge in [0, 0.05) is 68.5 Å². The van der Waals surface area contributed by atoms with Crippen LogP contribution in [0.3, 0.4) is 0 Å². The van der Waals surface area contributed by atoms with Gasteiger partial charge in [-0.3, -0.25) is 24.2 Å². The molecule has 5 heterocycles. The van der Waals surface area contributed by atoms with Gasteiger partial charge in [0.2, 0.25) is 11.9 Å². The number of carbonyl (C=O) groups excluding carboxylic acids is 3. The summed E-state index contributed by atoms with van der Waals surface area (Å²) in [7, 11) is 0. The number of anilines is 2. The molecule has 1 aliphatic carbocycles. The zero-order valence-electron chi connectivity index (χ0n) is 28.0. The molecule has 4 aromatic rings. The number of ketones is 1. The van der Waals surface area contributed by atoms with Crippen LogP contribution >= 0.6 is 0 Å². The van der Waals surface area contributed by atoms with Crippen molar-refractivity contribution in [2.45, 2.75) is 44.9 Å². The first-order valence-electron chi connectivity index (χ1n) is 17.5. The molecule has 1 saturated heterocycles. The van der Waals surface area contributed by atoms with Crippen molar-refractivity contribution in [3.05, 3.63) is 102 Å². The minimum Gasteiger partial charge on any atom is -0.348 e. The van der Waals surface area contributed by atoms with Crippen LogP contribution in [0, 0.1) is 17.8 Å². The number of benzene rings is 2. The highest BCUT2D eigenvalue weighted by Crippen LogP contribution is 2.43. The van der Waals surface area contributed by atoms with Gasteiger partial charge in [-0.1, -0.05) is 40.9 Å². The number of pyridine rings is 1. The van der Waals surface area contributed by atoms with Crippen LogP contribution in [0.4, 0.5) is 20.2 Å². The fourth-order valence-electron chi connectivity index (χ4n) is 7.75. The van der Waals surface area contributed by atoms with E-state index in [-0.39, 0.29) is 47.4 Å². The van der Waals surface area contributed by atoms with Crippen LogP contribution in [0.25, 0.3) is 17.2 Å². The number of aromatic nitrogens is 3. The number of nitrogens with zero attached hydrogens (tertiary/aromatic N) is 6. The largest absolute Gasteiger partial charge is 0.348 e. The Morgan fingerprint density at radius 1 is 0.980 bits per heavy atom. The number of hydrogen-bond acceptors (Lipinski definition) is 8. The average Bonchev–Trinajstić information content (AvgIpc) is 3.57. The highest BCUT2D eigenvalue weighted by molar-refractivity contribution is 6.24. The third-order valence-electron chi connectivity index (χ3n) is 10.4. The van der Waals surface area contributed by atoms with Gasteiger partial charge in [0.05, 0.1) is 11.9 Å². The number of carbonyl (C=O) groups is 3. The Morgan fingerprint density at radius 2 is 1.76 bits per heavy atom. The molecule has 2 N–H and O–H groups in total. The lowest BCUT2D eigenvalue weighted by Crippen LogP contribution is -2.47. The minimum atomic E-state index is -1.00. The second kappa shape index (κ2) is 13.8. The van der Waals surface area contributed by atoms with E-state index < -0.39 is 17.6 Å². The summed E-state index contributed by atoms with van der Waals surface area (Å²) in [5, 5.41) is 6.90. The van der Waals surface area contributed by atoms with Gasteiger partial charge in [-0.15, -0.1) is 0 Å². The first-order chi connectivity index (χ1) is 24.8. The predicted octanol–water partition coefficient (Wildman–Crippen LogP) is 5.08. The maximum absolute atomic E-state index is 14.5. The van der Waals surface area contributed by atoms with E-state index in [9.17, 15) is 23.3 Å². The lowest BCUT2D eigenvalue weighted by atomic mass is 9.73. The van der Waals surface area contributed by atoms with E-state index >= 15 is 0 Å². The Bertz CT molecular complexity index is 2000. The van der Waals surface area contributed by atoms with E-state index in [1.807, 2.05) is 24.3 Å². The minimum absolute atomic E-state index is 0.0461. The summed E-state index contributed by atoms with van der Waals surface area (Å²) in [6.45, 7) is 4.86. The van der Waals surface area contributed by atoms with Crippen LogP contribution in [0.15, 0.2) is 73.2 Å². The predicted molar refractivity (Wildman–Crippen MR) is 187 cm³/mol.